The number of amides is 1. The Hall–Kier alpha value is -3.11. The first-order valence-corrected chi connectivity index (χ1v) is 8.76. The van der Waals surface area contributed by atoms with Crippen LogP contribution in [0.5, 0.6) is 0 Å². The van der Waals surface area contributed by atoms with Crippen molar-refractivity contribution in [2.75, 3.05) is 16.0 Å². The molecule has 0 aliphatic heterocycles. The van der Waals surface area contributed by atoms with Gasteiger partial charge in [-0.05, 0) is 54.7 Å². The summed E-state index contributed by atoms with van der Waals surface area (Å²) in [6.45, 7) is 0. The highest BCUT2D eigenvalue weighted by Crippen LogP contribution is 2.36. The van der Waals surface area contributed by atoms with E-state index in [1.165, 1.54) is 18.5 Å². The van der Waals surface area contributed by atoms with E-state index < -0.39 is 22.7 Å². The van der Waals surface area contributed by atoms with Crippen LogP contribution in [0.2, 0.25) is 5.02 Å². The number of alkyl halides is 3. The molecule has 1 heterocycles. The van der Waals surface area contributed by atoms with Crippen LogP contribution in [0.15, 0.2) is 59.3 Å². The summed E-state index contributed by atoms with van der Waals surface area (Å²) in [5, 5.41) is 7.78. The van der Waals surface area contributed by atoms with Crippen LogP contribution in [0.1, 0.15) is 16.2 Å². The van der Waals surface area contributed by atoms with Gasteiger partial charge in [0.25, 0.3) is 5.89 Å². The zero-order chi connectivity index (χ0) is 21.0. The molecule has 3 aromatic rings. The summed E-state index contributed by atoms with van der Waals surface area (Å²) in [6.07, 6.45) is -1.93. The van der Waals surface area contributed by atoms with Crippen LogP contribution >= 0.6 is 23.8 Å². The summed E-state index contributed by atoms with van der Waals surface area (Å²) in [6, 6.07) is 9.86. The number of carbonyl (C=O) groups is 1. The van der Waals surface area contributed by atoms with E-state index >= 15 is 0 Å². The van der Waals surface area contributed by atoms with Crippen LogP contribution in [0.25, 0.3) is 0 Å². The molecule has 3 rings (SSSR count). The molecule has 0 saturated heterocycles. The van der Waals surface area contributed by atoms with Crippen LogP contribution in [0, 0.1) is 0 Å². The number of oxazole rings is 1. The van der Waals surface area contributed by atoms with Gasteiger partial charge in [-0.15, -0.1) is 0 Å². The van der Waals surface area contributed by atoms with E-state index in [9.17, 15) is 18.0 Å². The topological polar surface area (TPSA) is 79.2 Å². The van der Waals surface area contributed by atoms with Crippen LogP contribution < -0.4 is 16.0 Å². The minimum absolute atomic E-state index is 0.0706. The molecule has 29 heavy (non-hydrogen) atoms. The van der Waals surface area contributed by atoms with Gasteiger partial charge in [-0.3, -0.25) is 4.79 Å². The maximum absolute atomic E-state index is 12.9. The lowest BCUT2D eigenvalue weighted by Gasteiger charge is -2.14. The Bertz CT molecular complexity index is 1020. The first kappa shape index (κ1) is 20.6. The molecule has 0 spiro atoms. The van der Waals surface area contributed by atoms with Gasteiger partial charge in [0, 0.05) is 17.1 Å². The number of thiocarbonyl (C=S) groups is 1. The maximum Gasteiger partial charge on any atom is 0.417 e. The van der Waals surface area contributed by atoms with Crippen molar-refractivity contribution < 1.29 is 22.4 Å². The number of carbonyl (C=O) groups excluding carboxylic acids is 1. The predicted molar refractivity (Wildman–Crippen MR) is 107 cm³/mol. The second-order valence-electron chi connectivity index (χ2n) is 5.64. The fourth-order valence-electron chi connectivity index (χ4n) is 2.27. The number of aromatic nitrogens is 1. The molecule has 1 amide bonds. The Labute approximate surface area is 173 Å². The molecule has 150 valence electrons. The van der Waals surface area contributed by atoms with Crippen molar-refractivity contribution in [1.29, 1.82) is 0 Å². The van der Waals surface area contributed by atoms with E-state index in [1.807, 2.05) is 0 Å². The van der Waals surface area contributed by atoms with Crippen molar-refractivity contribution >= 4 is 51.9 Å². The second kappa shape index (κ2) is 8.50. The molecule has 1 aromatic heterocycles. The Morgan fingerprint density at radius 2 is 1.59 bits per heavy atom. The number of benzene rings is 2. The Balaban J connectivity index is 1.60. The van der Waals surface area contributed by atoms with Gasteiger partial charge >= 0.3 is 12.1 Å². The summed E-state index contributed by atoms with van der Waals surface area (Å²) in [4.78, 5) is 15.6. The van der Waals surface area contributed by atoms with Crippen LogP contribution in [0.3, 0.4) is 0 Å². The zero-order valence-electron chi connectivity index (χ0n) is 14.4. The fraction of sp³-hybridized carbons (Fsp3) is 0.0556. The maximum atomic E-state index is 12.9. The largest absolute Gasteiger partial charge is 0.441 e. The van der Waals surface area contributed by atoms with E-state index in [4.69, 9.17) is 28.2 Å². The summed E-state index contributed by atoms with van der Waals surface area (Å²) >= 11 is 10.7. The third kappa shape index (κ3) is 5.46. The monoisotopic (exact) mass is 440 g/mol. The van der Waals surface area contributed by atoms with Crippen molar-refractivity contribution in [3.63, 3.8) is 0 Å². The fourth-order valence-corrected chi connectivity index (χ4v) is 2.73. The van der Waals surface area contributed by atoms with Crippen LogP contribution in [-0.4, -0.2) is 16.0 Å². The third-order valence-corrected chi connectivity index (χ3v) is 4.09. The van der Waals surface area contributed by atoms with Gasteiger partial charge in [0.2, 0.25) is 0 Å². The van der Waals surface area contributed by atoms with E-state index in [1.54, 1.807) is 24.3 Å². The average molecular weight is 441 g/mol. The van der Waals surface area contributed by atoms with Crippen LogP contribution in [0.4, 0.5) is 30.2 Å². The number of hydrogen-bond acceptors (Lipinski definition) is 4. The highest BCUT2D eigenvalue weighted by molar-refractivity contribution is 7.80. The highest BCUT2D eigenvalue weighted by atomic mass is 35.5. The Morgan fingerprint density at radius 1 is 1.00 bits per heavy atom. The lowest BCUT2D eigenvalue weighted by atomic mass is 10.2. The average Bonchev–Trinajstić information content (AvgIpc) is 3.19. The molecule has 0 saturated carbocycles. The molecule has 0 aliphatic rings. The summed E-state index contributed by atoms with van der Waals surface area (Å²) in [5.74, 6) is -0.574. The van der Waals surface area contributed by atoms with Gasteiger partial charge in [-0.2, -0.15) is 13.2 Å². The number of anilines is 3. The highest BCUT2D eigenvalue weighted by Gasteiger charge is 2.33. The minimum Gasteiger partial charge on any atom is -0.441 e. The number of hydrogen-bond donors (Lipinski definition) is 3. The van der Waals surface area contributed by atoms with Gasteiger partial charge in [0.15, 0.2) is 5.11 Å². The molecule has 11 heteroatoms. The zero-order valence-corrected chi connectivity index (χ0v) is 16.0. The Morgan fingerprint density at radius 3 is 2.17 bits per heavy atom. The predicted octanol–water partition coefficient (Wildman–Crippen LogP) is 5.41. The molecule has 0 aliphatic carbocycles. The molecule has 3 N–H and O–H groups in total. The van der Waals surface area contributed by atoms with E-state index in [-0.39, 0.29) is 16.7 Å². The van der Waals surface area contributed by atoms with Gasteiger partial charge in [-0.25, -0.2) is 4.98 Å². The minimum atomic E-state index is -4.57. The summed E-state index contributed by atoms with van der Waals surface area (Å²) in [5.41, 5.74) is 0.221. The number of nitrogens with one attached hydrogen (secondary N) is 3. The molecule has 0 atom stereocenters. The van der Waals surface area contributed by atoms with E-state index in [0.29, 0.717) is 11.4 Å². The number of halogens is 4. The quantitative estimate of drug-likeness (QED) is 0.471. The molecule has 0 bridgehead atoms. The van der Waals surface area contributed by atoms with Gasteiger partial charge in [0.05, 0.1) is 16.8 Å². The first-order valence-electron chi connectivity index (χ1n) is 7.98. The van der Waals surface area contributed by atoms with Gasteiger partial charge < -0.3 is 20.4 Å². The van der Waals surface area contributed by atoms with Crippen molar-refractivity contribution in [1.82, 2.24) is 4.98 Å². The molecule has 0 radical (unpaired) electrons. The summed E-state index contributed by atoms with van der Waals surface area (Å²) < 4.78 is 43.7. The summed E-state index contributed by atoms with van der Waals surface area (Å²) in [7, 11) is 0. The molecular formula is C18H12ClF3N4O2S. The third-order valence-electron chi connectivity index (χ3n) is 3.56. The van der Waals surface area contributed by atoms with Crippen molar-refractivity contribution in [3.05, 3.63) is 71.4 Å². The number of rotatable bonds is 4. The molecular weight excluding hydrogens is 429 g/mol. The molecule has 0 unspecified atom stereocenters. The second-order valence-corrected chi connectivity index (χ2v) is 6.46. The van der Waals surface area contributed by atoms with E-state index in [2.05, 4.69) is 20.9 Å². The van der Waals surface area contributed by atoms with Crippen molar-refractivity contribution in [2.24, 2.45) is 0 Å². The standard InChI is InChI=1S/C18H12ClF3N4O2S/c19-14-6-5-12(9-13(14)18(20,21)22)26-17(29)25-11-3-1-10(2-4-11)24-15(27)16-23-7-8-28-16/h1-9H,(H,24,27)(H2,25,26,29). The van der Waals surface area contributed by atoms with Crippen molar-refractivity contribution in [2.45, 2.75) is 6.18 Å². The van der Waals surface area contributed by atoms with Gasteiger partial charge in [-0.1, -0.05) is 11.6 Å². The molecule has 6 nitrogen and oxygen atoms in total. The molecule has 0 fully saturated rings. The van der Waals surface area contributed by atoms with E-state index in [0.717, 1.165) is 12.1 Å². The van der Waals surface area contributed by atoms with Crippen LogP contribution in [-0.2, 0) is 6.18 Å². The Kier molecular flexibility index (Phi) is 6.04. The van der Waals surface area contributed by atoms with Crippen molar-refractivity contribution in [3.8, 4) is 0 Å². The SMILES string of the molecule is O=C(Nc1ccc(NC(=S)Nc2ccc(Cl)c(C(F)(F)F)c2)cc1)c1ncco1. The normalized spacial score (nSPS) is 11.0. The van der Waals surface area contributed by atoms with Gasteiger partial charge in [0.1, 0.15) is 6.26 Å². The lowest BCUT2D eigenvalue weighted by Crippen LogP contribution is -2.19. The number of nitrogens with zero attached hydrogens (tertiary/aromatic N) is 1. The lowest BCUT2D eigenvalue weighted by molar-refractivity contribution is -0.137. The first-order chi connectivity index (χ1) is 13.7. The smallest absolute Gasteiger partial charge is 0.417 e. The molecule has 2 aromatic carbocycles.